The zero-order chi connectivity index (χ0) is 17.6. The summed E-state index contributed by atoms with van der Waals surface area (Å²) in [4.78, 5) is 23.6. The Hall–Kier alpha value is -2.94. The number of hydrogen-bond acceptors (Lipinski definition) is 5. The lowest BCUT2D eigenvalue weighted by molar-refractivity contribution is 0.0950. The predicted molar refractivity (Wildman–Crippen MR) is 95.2 cm³/mol. The van der Waals surface area contributed by atoms with Gasteiger partial charge in [0.25, 0.3) is 5.91 Å². The van der Waals surface area contributed by atoms with Gasteiger partial charge in [0, 0.05) is 24.3 Å². The monoisotopic (exact) mass is 335 g/mol. The number of carbonyl (C=O) groups is 1. The number of hydrogen-bond donors (Lipinski definition) is 1. The maximum Gasteiger partial charge on any atom is 0.251 e. The highest BCUT2D eigenvalue weighted by atomic mass is 16.1. The number of anilines is 1. The molecule has 1 aliphatic rings. The smallest absolute Gasteiger partial charge is 0.251 e. The van der Waals surface area contributed by atoms with E-state index in [2.05, 4.69) is 20.2 Å². The molecule has 0 unspecified atom stereocenters. The Morgan fingerprint density at radius 2 is 2.04 bits per heavy atom. The molecule has 1 amide bonds. The molecular formula is C19H21N5O. The van der Waals surface area contributed by atoms with Crippen LogP contribution in [0.25, 0.3) is 0 Å². The fourth-order valence-electron chi connectivity index (χ4n) is 2.95. The Balaban J connectivity index is 1.69. The minimum Gasteiger partial charge on any atom is -0.346 e. The van der Waals surface area contributed by atoms with Crippen molar-refractivity contribution >= 4 is 11.9 Å². The lowest BCUT2D eigenvalue weighted by Crippen LogP contribution is -2.32. The summed E-state index contributed by atoms with van der Waals surface area (Å²) in [5, 5.41) is 11.8. The second-order valence-electron chi connectivity index (χ2n) is 6.22. The summed E-state index contributed by atoms with van der Waals surface area (Å²) < 4.78 is 0. The highest BCUT2D eigenvalue weighted by Crippen LogP contribution is 2.16. The molecule has 128 valence electrons. The van der Waals surface area contributed by atoms with Gasteiger partial charge in [0.15, 0.2) is 0 Å². The maximum absolute atomic E-state index is 12.3. The van der Waals surface area contributed by atoms with E-state index in [4.69, 9.17) is 5.26 Å². The van der Waals surface area contributed by atoms with Gasteiger partial charge in [0.2, 0.25) is 5.95 Å². The van der Waals surface area contributed by atoms with Crippen molar-refractivity contribution in [2.75, 3.05) is 18.0 Å². The van der Waals surface area contributed by atoms with Crippen LogP contribution in [0.15, 0.2) is 30.3 Å². The van der Waals surface area contributed by atoms with Crippen LogP contribution in [0.1, 0.15) is 46.6 Å². The van der Waals surface area contributed by atoms with Gasteiger partial charge in [-0.15, -0.1) is 0 Å². The van der Waals surface area contributed by atoms with Crippen LogP contribution in [0, 0.1) is 18.3 Å². The van der Waals surface area contributed by atoms with Crippen LogP contribution in [0.3, 0.4) is 0 Å². The Kier molecular flexibility index (Phi) is 5.24. The van der Waals surface area contributed by atoms with Crippen LogP contribution in [-0.2, 0) is 6.54 Å². The molecule has 1 fully saturated rings. The lowest BCUT2D eigenvalue weighted by atomic mass is 10.1. The maximum atomic E-state index is 12.3. The summed E-state index contributed by atoms with van der Waals surface area (Å²) in [6, 6.07) is 10.6. The Morgan fingerprint density at radius 1 is 1.24 bits per heavy atom. The van der Waals surface area contributed by atoms with E-state index in [0.29, 0.717) is 17.7 Å². The molecule has 1 saturated heterocycles. The van der Waals surface area contributed by atoms with Gasteiger partial charge in [0.1, 0.15) is 0 Å². The number of nitrogens with one attached hydrogen (secondary N) is 1. The van der Waals surface area contributed by atoms with Gasteiger partial charge < -0.3 is 10.2 Å². The molecule has 1 aliphatic heterocycles. The second kappa shape index (κ2) is 7.75. The standard InChI is InChI=1S/C19H21N5O/c1-14-10-17(23-19(22-14)24-8-3-2-4-9-24)13-21-18(25)16-7-5-6-15(11-16)12-20/h5-7,10-11H,2-4,8-9,13H2,1H3,(H,21,25). The van der Waals surface area contributed by atoms with Crippen molar-refractivity contribution in [3.8, 4) is 6.07 Å². The van der Waals surface area contributed by atoms with E-state index in [1.54, 1.807) is 24.3 Å². The van der Waals surface area contributed by atoms with E-state index in [-0.39, 0.29) is 5.91 Å². The molecule has 0 aliphatic carbocycles. The number of carbonyl (C=O) groups excluding carboxylic acids is 1. The SMILES string of the molecule is Cc1cc(CNC(=O)c2cccc(C#N)c2)nc(N2CCCCC2)n1. The molecule has 0 spiro atoms. The van der Waals surface area contributed by atoms with Crippen LogP contribution >= 0.6 is 0 Å². The zero-order valence-corrected chi connectivity index (χ0v) is 14.3. The van der Waals surface area contributed by atoms with E-state index < -0.39 is 0 Å². The molecule has 1 N–H and O–H groups in total. The number of benzene rings is 1. The quantitative estimate of drug-likeness (QED) is 0.928. The van der Waals surface area contributed by atoms with Crippen molar-refractivity contribution in [1.29, 1.82) is 5.26 Å². The van der Waals surface area contributed by atoms with Gasteiger partial charge >= 0.3 is 0 Å². The van der Waals surface area contributed by atoms with Crippen molar-refractivity contribution in [2.45, 2.75) is 32.7 Å². The number of rotatable bonds is 4. The first-order valence-corrected chi connectivity index (χ1v) is 8.53. The third-order valence-corrected chi connectivity index (χ3v) is 4.22. The van der Waals surface area contributed by atoms with Crippen molar-refractivity contribution in [3.63, 3.8) is 0 Å². The minimum absolute atomic E-state index is 0.215. The summed E-state index contributed by atoms with van der Waals surface area (Å²) in [5.41, 5.74) is 2.63. The van der Waals surface area contributed by atoms with E-state index >= 15 is 0 Å². The third kappa shape index (κ3) is 4.32. The predicted octanol–water partition coefficient (Wildman–Crippen LogP) is 2.58. The number of nitriles is 1. The van der Waals surface area contributed by atoms with E-state index in [1.165, 1.54) is 19.3 Å². The summed E-state index contributed by atoms with van der Waals surface area (Å²) in [7, 11) is 0. The lowest BCUT2D eigenvalue weighted by Gasteiger charge is -2.27. The first kappa shape index (κ1) is 16.9. The van der Waals surface area contributed by atoms with E-state index in [0.717, 1.165) is 30.4 Å². The van der Waals surface area contributed by atoms with Crippen molar-refractivity contribution < 1.29 is 4.79 Å². The van der Waals surface area contributed by atoms with Crippen molar-refractivity contribution in [1.82, 2.24) is 15.3 Å². The molecular weight excluding hydrogens is 314 g/mol. The molecule has 3 rings (SSSR count). The fourth-order valence-corrected chi connectivity index (χ4v) is 2.95. The molecule has 1 aromatic carbocycles. The van der Waals surface area contributed by atoms with Crippen molar-refractivity contribution in [2.24, 2.45) is 0 Å². The van der Waals surface area contributed by atoms with E-state index in [1.807, 2.05) is 19.1 Å². The Bertz CT molecular complexity index is 806. The number of piperidine rings is 1. The highest BCUT2D eigenvalue weighted by molar-refractivity contribution is 5.94. The molecule has 0 atom stereocenters. The number of aromatic nitrogens is 2. The Morgan fingerprint density at radius 3 is 2.80 bits per heavy atom. The largest absolute Gasteiger partial charge is 0.346 e. The summed E-state index contributed by atoms with van der Waals surface area (Å²) in [6.07, 6.45) is 3.59. The van der Waals surface area contributed by atoms with Crippen molar-refractivity contribution in [3.05, 3.63) is 52.8 Å². The van der Waals surface area contributed by atoms with Crippen LogP contribution < -0.4 is 10.2 Å². The van der Waals surface area contributed by atoms with Crippen LogP contribution in [0.2, 0.25) is 0 Å². The summed E-state index contributed by atoms with van der Waals surface area (Å²) >= 11 is 0. The van der Waals surface area contributed by atoms with E-state index in [9.17, 15) is 4.79 Å². The molecule has 2 aromatic rings. The van der Waals surface area contributed by atoms with Gasteiger partial charge in [-0.1, -0.05) is 6.07 Å². The van der Waals surface area contributed by atoms with Gasteiger partial charge in [-0.05, 0) is 50.5 Å². The summed E-state index contributed by atoms with van der Waals surface area (Å²) in [6.45, 7) is 4.24. The normalized spacial score (nSPS) is 14.0. The number of amides is 1. The zero-order valence-electron chi connectivity index (χ0n) is 14.3. The molecule has 25 heavy (non-hydrogen) atoms. The third-order valence-electron chi connectivity index (χ3n) is 4.22. The highest BCUT2D eigenvalue weighted by Gasteiger charge is 2.15. The average Bonchev–Trinajstić information content (AvgIpc) is 2.66. The molecule has 1 aromatic heterocycles. The van der Waals surface area contributed by atoms with Gasteiger partial charge in [-0.2, -0.15) is 5.26 Å². The van der Waals surface area contributed by atoms with Gasteiger partial charge in [-0.3, -0.25) is 4.79 Å². The van der Waals surface area contributed by atoms with Crippen LogP contribution in [-0.4, -0.2) is 29.0 Å². The van der Waals surface area contributed by atoms with Gasteiger partial charge in [0.05, 0.1) is 23.9 Å². The first-order valence-electron chi connectivity index (χ1n) is 8.53. The van der Waals surface area contributed by atoms with Crippen LogP contribution in [0.4, 0.5) is 5.95 Å². The number of nitrogens with zero attached hydrogens (tertiary/aromatic N) is 4. The first-order chi connectivity index (χ1) is 12.2. The minimum atomic E-state index is -0.215. The molecule has 0 radical (unpaired) electrons. The van der Waals surface area contributed by atoms with Gasteiger partial charge in [-0.25, -0.2) is 9.97 Å². The molecule has 2 heterocycles. The molecule has 0 bridgehead atoms. The molecule has 6 nitrogen and oxygen atoms in total. The number of aryl methyl sites for hydroxylation is 1. The summed E-state index contributed by atoms with van der Waals surface area (Å²) in [5.74, 6) is 0.531. The fraction of sp³-hybridized carbons (Fsp3) is 0.368. The van der Waals surface area contributed by atoms with Crippen LogP contribution in [0.5, 0.6) is 0 Å². The second-order valence-corrected chi connectivity index (χ2v) is 6.22. The average molecular weight is 335 g/mol. The molecule has 6 heteroatoms. The topological polar surface area (TPSA) is 81.9 Å². The Labute approximate surface area is 147 Å². The molecule has 0 saturated carbocycles.